The molecule has 120 valence electrons. The molecule has 4 nitrogen and oxygen atoms in total. The highest BCUT2D eigenvalue weighted by Crippen LogP contribution is 2.36. The van der Waals surface area contributed by atoms with Crippen molar-refractivity contribution in [2.45, 2.75) is 45.7 Å². The third kappa shape index (κ3) is 3.58. The Labute approximate surface area is 133 Å². The topological polar surface area (TPSA) is 31.4 Å². The Hall–Kier alpha value is -0.650. The van der Waals surface area contributed by atoms with Crippen LogP contribution in [0.1, 0.15) is 38.3 Å². The zero-order valence-corrected chi connectivity index (χ0v) is 15.3. The lowest BCUT2D eigenvalue weighted by Gasteiger charge is -2.22. The molecule has 1 N–H and O–H groups in total. The number of nitrogens with one attached hydrogen (secondary N) is 1. The van der Waals surface area contributed by atoms with Crippen LogP contribution < -0.4 is 10.2 Å². The monoisotopic (exact) mass is 310 g/mol. The van der Waals surface area contributed by atoms with Crippen molar-refractivity contribution in [2.75, 3.05) is 39.1 Å². The smallest absolute Gasteiger partial charge is 0.185 e. The Morgan fingerprint density at radius 3 is 2.48 bits per heavy atom. The summed E-state index contributed by atoms with van der Waals surface area (Å²) in [6.45, 7) is 12.2. The summed E-state index contributed by atoms with van der Waals surface area (Å²) in [5.41, 5.74) is 1.35. The molecule has 5 heteroatoms. The number of likely N-dealkylation sites (N-methyl/N-ethyl adjacent to an activating group) is 1. The van der Waals surface area contributed by atoms with Crippen molar-refractivity contribution in [3.8, 4) is 0 Å². The molecule has 0 saturated carbocycles. The van der Waals surface area contributed by atoms with Crippen LogP contribution in [0, 0.1) is 5.92 Å². The van der Waals surface area contributed by atoms with Gasteiger partial charge in [0.15, 0.2) is 5.13 Å². The first-order valence-electron chi connectivity index (χ1n) is 7.80. The Morgan fingerprint density at radius 2 is 2.00 bits per heavy atom. The Morgan fingerprint density at radius 1 is 1.33 bits per heavy atom. The van der Waals surface area contributed by atoms with E-state index in [-0.39, 0.29) is 5.41 Å². The predicted molar refractivity (Wildman–Crippen MR) is 92.4 cm³/mol. The summed E-state index contributed by atoms with van der Waals surface area (Å²) in [4.78, 5) is 11.2. The first-order valence-corrected chi connectivity index (χ1v) is 8.61. The van der Waals surface area contributed by atoms with Crippen molar-refractivity contribution in [1.82, 2.24) is 15.2 Å². The normalized spacial score (nSPS) is 23.3. The van der Waals surface area contributed by atoms with Gasteiger partial charge in [0.2, 0.25) is 0 Å². The van der Waals surface area contributed by atoms with Crippen molar-refractivity contribution < 1.29 is 0 Å². The Bertz CT molecular complexity index is 475. The van der Waals surface area contributed by atoms with Gasteiger partial charge < -0.3 is 15.1 Å². The number of aromatic nitrogens is 1. The fraction of sp³-hybridized carbons (Fsp3) is 0.812. The summed E-state index contributed by atoms with van der Waals surface area (Å²) in [7, 11) is 6.37. The van der Waals surface area contributed by atoms with E-state index in [1.807, 2.05) is 18.4 Å². The fourth-order valence-corrected chi connectivity index (χ4v) is 4.42. The largest absolute Gasteiger partial charge is 0.346 e. The maximum Gasteiger partial charge on any atom is 0.185 e. The van der Waals surface area contributed by atoms with Crippen LogP contribution in [0.4, 0.5) is 5.13 Å². The summed E-state index contributed by atoms with van der Waals surface area (Å²) in [5.74, 6) is 0.690. The van der Waals surface area contributed by atoms with E-state index in [4.69, 9.17) is 4.98 Å². The average molecular weight is 311 g/mol. The fourth-order valence-electron chi connectivity index (χ4n) is 3.12. The van der Waals surface area contributed by atoms with Gasteiger partial charge in [0.25, 0.3) is 0 Å². The van der Waals surface area contributed by atoms with Gasteiger partial charge in [0, 0.05) is 36.0 Å². The van der Waals surface area contributed by atoms with Gasteiger partial charge in [-0.1, -0.05) is 27.7 Å². The van der Waals surface area contributed by atoms with Gasteiger partial charge >= 0.3 is 0 Å². The maximum absolute atomic E-state index is 5.00. The van der Waals surface area contributed by atoms with Gasteiger partial charge in [-0.15, -0.1) is 11.3 Å². The highest BCUT2D eigenvalue weighted by atomic mass is 32.1. The van der Waals surface area contributed by atoms with Crippen molar-refractivity contribution in [3.63, 3.8) is 0 Å². The molecule has 2 atom stereocenters. The minimum absolute atomic E-state index is 0.104. The van der Waals surface area contributed by atoms with Crippen molar-refractivity contribution >= 4 is 16.5 Å². The van der Waals surface area contributed by atoms with Crippen LogP contribution >= 0.6 is 11.3 Å². The zero-order valence-electron chi connectivity index (χ0n) is 14.5. The molecule has 0 bridgehead atoms. The molecule has 1 aromatic rings. The summed E-state index contributed by atoms with van der Waals surface area (Å²) in [5, 5.41) is 4.48. The summed E-state index contributed by atoms with van der Waals surface area (Å²) >= 11 is 1.86. The SMILES string of the molecule is CNCc1sc(N2CC(C)C(N(C)C)C2)nc1C(C)(C)C. The lowest BCUT2D eigenvalue weighted by atomic mass is 9.91. The average Bonchev–Trinajstić information content (AvgIpc) is 2.92. The van der Waals surface area contributed by atoms with E-state index >= 15 is 0 Å². The predicted octanol–water partition coefficient (Wildman–Crippen LogP) is 2.55. The quantitative estimate of drug-likeness (QED) is 0.926. The van der Waals surface area contributed by atoms with E-state index in [1.165, 1.54) is 15.7 Å². The molecule has 1 aliphatic rings. The second-order valence-electron chi connectivity index (χ2n) is 7.46. The number of nitrogens with zero attached hydrogens (tertiary/aromatic N) is 3. The molecule has 0 spiro atoms. The lowest BCUT2D eigenvalue weighted by Crippen LogP contribution is -2.34. The standard InChI is InChI=1S/C16H30N4S/c1-11-9-20(10-12(11)19(6)7)15-18-14(16(2,3)4)13(21-15)8-17-5/h11-12,17H,8-10H2,1-7H3. The second kappa shape index (κ2) is 6.23. The summed E-state index contributed by atoms with van der Waals surface area (Å²) < 4.78 is 0. The van der Waals surface area contributed by atoms with Crippen molar-refractivity contribution in [2.24, 2.45) is 5.92 Å². The lowest BCUT2D eigenvalue weighted by molar-refractivity contribution is 0.266. The van der Waals surface area contributed by atoms with Gasteiger partial charge in [0.05, 0.1) is 5.69 Å². The number of thiazole rings is 1. The molecule has 0 aromatic carbocycles. The second-order valence-corrected chi connectivity index (χ2v) is 8.52. The molecular formula is C16H30N4S. The minimum atomic E-state index is 0.104. The molecule has 1 fully saturated rings. The van der Waals surface area contributed by atoms with E-state index in [0.717, 1.165) is 19.6 Å². The molecule has 2 rings (SSSR count). The number of anilines is 1. The van der Waals surface area contributed by atoms with E-state index < -0.39 is 0 Å². The van der Waals surface area contributed by atoms with E-state index in [9.17, 15) is 0 Å². The van der Waals surface area contributed by atoms with Gasteiger partial charge in [0.1, 0.15) is 0 Å². The molecule has 0 radical (unpaired) electrons. The van der Waals surface area contributed by atoms with E-state index in [1.54, 1.807) is 0 Å². The maximum atomic E-state index is 5.00. The molecule has 1 aliphatic heterocycles. The van der Waals surface area contributed by atoms with Crippen LogP contribution in [-0.2, 0) is 12.0 Å². The van der Waals surface area contributed by atoms with Gasteiger partial charge in [-0.3, -0.25) is 0 Å². The van der Waals surface area contributed by atoms with Crippen molar-refractivity contribution in [1.29, 1.82) is 0 Å². The molecule has 2 unspecified atom stereocenters. The zero-order chi connectivity index (χ0) is 15.8. The number of rotatable bonds is 4. The van der Waals surface area contributed by atoms with Crippen molar-refractivity contribution in [3.05, 3.63) is 10.6 Å². The molecular weight excluding hydrogens is 280 g/mol. The molecule has 21 heavy (non-hydrogen) atoms. The third-order valence-electron chi connectivity index (χ3n) is 4.24. The Balaban J connectivity index is 2.25. The third-order valence-corrected chi connectivity index (χ3v) is 5.36. The van der Waals surface area contributed by atoms with Crippen LogP contribution in [0.15, 0.2) is 0 Å². The van der Waals surface area contributed by atoms with Crippen LogP contribution in [0.5, 0.6) is 0 Å². The van der Waals surface area contributed by atoms with Gasteiger partial charge in [-0.05, 0) is 27.1 Å². The van der Waals surface area contributed by atoms with Gasteiger partial charge in [-0.2, -0.15) is 0 Å². The molecule has 1 saturated heterocycles. The molecule has 1 aromatic heterocycles. The van der Waals surface area contributed by atoms with Crippen LogP contribution in [0.25, 0.3) is 0 Å². The first-order chi connectivity index (χ1) is 9.74. The van der Waals surface area contributed by atoms with E-state index in [0.29, 0.717) is 12.0 Å². The van der Waals surface area contributed by atoms with Crippen LogP contribution in [0.3, 0.4) is 0 Å². The van der Waals surface area contributed by atoms with E-state index in [2.05, 4.69) is 56.9 Å². The molecule has 0 amide bonds. The number of hydrogen-bond acceptors (Lipinski definition) is 5. The minimum Gasteiger partial charge on any atom is -0.346 e. The van der Waals surface area contributed by atoms with Gasteiger partial charge in [-0.25, -0.2) is 4.98 Å². The highest BCUT2D eigenvalue weighted by Gasteiger charge is 2.33. The Kier molecular flexibility index (Phi) is 4.96. The van der Waals surface area contributed by atoms with Crippen LogP contribution in [0.2, 0.25) is 0 Å². The molecule has 2 heterocycles. The molecule has 0 aliphatic carbocycles. The van der Waals surface area contributed by atoms with Crippen LogP contribution in [-0.4, -0.2) is 50.2 Å². The summed E-state index contributed by atoms with van der Waals surface area (Å²) in [6.07, 6.45) is 0. The highest BCUT2D eigenvalue weighted by molar-refractivity contribution is 7.15. The summed E-state index contributed by atoms with van der Waals surface area (Å²) in [6, 6.07) is 0.625. The number of hydrogen-bond donors (Lipinski definition) is 1. The first kappa shape index (κ1) is 16.7.